The highest BCUT2D eigenvalue weighted by Crippen LogP contribution is 2.20. The lowest BCUT2D eigenvalue weighted by Gasteiger charge is -2.07. The largest absolute Gasteiger partial charge is 0.364 e. The third-order valence-corrected chi connectivity index (χ3v) is 3.78. The van der Waals surface area contributed by atoms with Crippen molar-refractivity contribution in [1.82, 2.24) is 24.4 Å². The topological polar surface area (TPSA) is 108 Å². The summed E-state index contributed by atoms with van der Waals surface area (Å²) in [6.45, 7) is 0.454. The molecule has 1 aliphatic rings. The summed E-state index contributed by atoms with van der Waals surface area (Å²) >= 11 is 1.69. The van der Waals surface area contributed by atoms with Gasteiger partial charge in [0, 0.05) is 11.7 Å². The van der Waals surface area contributed by atoms with E-state index in [2.05, 4.69) is 15.3 Å². The molecule has 1 amide bonds. The molecule has 0 radical (unpaired) electrons. The van der Waals surface area contributed by atoms with E-state index in [0.29, 0.717) is 6.54 Å². The second-order valence-corrected chi connectivity index (χ2v) is 5.07. The van der Waals surface area contributed by atoms with Gasteiger partial charge in [0.05, 0.1) is 6.54 Å². The number of amides is 1. The number of carbonyl (C=O) groups is 1. The number of allylic oxidation sites excluding steroid dienone is 1. The molecule has 8 nitrogen and oxygen atoms in total. The van der Waals surface area contributed by atoms with Crippen LogP contribution < -0.4 is 11.4 Å². The molecule has 0 bridgehead atoms. The Morgan fingerprint density at radius 1 is 1.58 bits per heavy atom. The molecule has 3 rings (SSSR count). The zero-order valence-electron chi connectivity index (χ0n) is 9.76. The quantitative estimate of drug-likeness (QED) is 0.792. The monoisotopic (exact) mass is 278 g/mol. The smallest absolute Gasteiger partial charge is 0.352 e. The zero-order valence-corrected chi connectivity index (χ0v) is 10.6. The first-order chi connectivity index (χ1) is 9.16. The summed E-state index contributed by atoms with van der Waals surface area (Å²) in [6.07, 6.45) is 3.27. The second-order valence-electron chi connectivity index (χ2n) is 4.13. The van der Waals surface area contributed by atoms with Gasteiger partial charge in [-0.2, -0.15) is 4.68 Å². The van der Waals surface area contributed by atoms with E-state index >= 15 is 0 Å². The lowest BCUT2D eigenvalue weighted by molar-refractivity contribution is 0.0997. The number of imidazole rings is 1. The second kappa shape index (κ2) is 4.50. The molecule has 1 atom stereocenters. The van der Waals surface area contributed by atoms with Crippen molar-refractivity contribution in [2.75, 3.05) is 5.75 Å². The summed E-state index contributed by atoms with van der Waals surface area (Å²) in [5.74, 6) is 0.445. The number of nitrogens with two attached hydrogens (primary N) is 1. The van der Waals surface area contributed by atoms with Gasteiger partial charge < -0.3 is 5.73 Å². The fourth-order valence-electron chi connectivity index (χ4n) is 1.86. The van der Waals surface area contributed by atoms with Crippen molar-refractivity contribution >= 4 is 23.3 Å². The first kappa shape index (κ1) is 11.9. The van der Waals surface area contributed by atoms with Crippen molar-refractivity contribution in [1.29, 1.82) is 0 Å². The number of primary amides is 1. The van der Waals surface area contributed by atoms with Gasteiger partial charge in [0.15, 0.2) is 11.3 Å². The van der Waals surface area contributed by atoms with Crippen molar-refractivity contribution in [3.05, 3.63) is 34.0 Å². The standard InChI is InChI=1S/C10H10N6O2S/c11-8(17)7-9-13-14-16(3-6-1-2-19-4-6)10(18)15(9)5-12-7/h1-2,5-6H,3-4H2,(H2,11,17). The molecule has 0 aliphatic carbocycles. The molecule has 1 aliphatic heterocycles. The molecule has 0 saturated carbocycles. The first-order valence-corrected chi connectivity index (χ1v) is 6.60. The summed E-state index contributed by atoms with van der Waals surface area (Å²) in [4.78, 5) is 27.0. The highest BCUT2D eigenvalue weighted by atomic mass is 32.2. The van der Waals surface area contributed by atoms with E-state index in [1.807, 2.05) is 11.5 Å². The molecule has 2 aromatic rings. The van der Waals surface area contributed by atoms with E-state index in [0.717, 1.165) is 5.75 Å². The van der Waals surface area contributed by atoms with Crippen LogP contribution in [-0.2, 0) is 6.54 Å². The van der Waals surface area contributed by atoms with E-state index in [4.69, 9.17) is 5.73 Å². The number of rotatable bonds is 3. The maximum Gasteiger partial charge on any atom is 0.352 e. The number of aromatic nitrogens is 5. The van der Waals surface area contributed by atoms with Crippen LogP contribution in [0.3, 0.4) is 0 Å². The minimum Gasteiger partial charge on any atom is -0.364 e. The van der Waals surface area contributed by atoms with Gasteiger partial charge in [-0.3, -0.25) is 4.79 Å². The van der Waals surface area contributed by atoms with E-state index in [1.165, 1.54) is 15.4 Å². The Labute approximate surface area is 111 Å². The number of carbonyl (C=O) groups excluding carboxylic acids is 1. The number of nitrogens with zero attached hydrogens (tertiary/aromatic N) is 5. The summed E-state index contributed by atoms with van der Waals surface area (Å²) in [5, 5.41) is 9.68. The van der Waals surface area contributed by atoms with Crippen LogP contribution in [-0.4, -0.2) is 36.0 Å². The Hall–Kier alpha value is -2.16. The van der Waals surface area contributed by atoms with Crippen LogP contribution in [0.5, 0.6) is 0 Å². The normalized spacial score (nSPS) is 18.2. The third kappa shape index (κ3) is 2.01. The molecular weight excluding hydrogens is 268 g/mol. The molecule has 2 aromatic heterocycles. The molecule has 19 heavy (non-hydrogen) atoms. The molecule has 98 valence electrons. The van der Waals surface area contributed by atoms with Crippen molar-refractivity contribution in [2.45, 2.75) is 6.54 Å². The van der Waals surface area contributed by atoms with Gasteiger partial charge in [-0.15, -0.1) is 16.9 Å². The summed E-state index contributed by atoms with van der Waals surface area (Å²) in [6, 6.07) is 0. The van der Waals surface area contributed by atoms with Crippen LogP contribution >= 0.6 is 11.8 Å². The Morgan fingerprint density at radius 2 is 2.42 bits per heavy atom. The van der Waals surface area contributed by atoms with Gasteiger partial charge in [0.25, 0.3) is 5.91 Å². The maximum absolute atomic E-state index is 12.2. The molecule has 3 heterocycles. The van der Waals surface area contributed by atoms with Crippen molar-refractivity contribution in [3.63, 3.8) is 0 Å². The van der Waals surface area contributed by atoms with Crippen molar-refractivity contribution in [2.24, 2.45) is 11.7 Å². The zero-order chi connectivity index (χ0) is 13.4. The van der Waals surface area contributed by atoms with Gasteiger partial charge >= 0.3 is 5.69 Å². The van der Waals surface area contributed by atoms with Crippen LogP contribution in [0.4, 0.5) is 0 Å². The van der Waals surface area contributed by atoms with Crippen LogP contribution in [0.2, 0.25) is 0 Å². The highest BCUT2D eigenvalue weighted by molar-refractivity contribution is 8.02. The Bertz CT molecular complexity index is 733. The minimum atomic E-state index is -0.732. The molecule has 2 N–H and O–H groups in total. The Balaban J connectivity index is 2.04. The van der Waals surface area contributed by atoms with Crippen LogP contribution in [0.25, 0.3) is 5.65 Å². The fraction of sp³-hybridized carbons (Fsp3) is 0.300. The van der Waals surface area contributed by atoms with Gasteiger partial charge in [0.2, 0.25) is 0 Å². The molecule has 1 unspecified atom stereocenters. The fourth-order valence-corrected chi connectivity index (χ4v) is 2.77. The molecule has 9 heteroatoms. The maximum atomic E-state index is 12.2. The van der Waals surface area contributed by atoms with E-state index < -0.39 is 5.91 Å². The Morgan fingerprint density at radius 3 is 3.11 bits per heavy atom. The molecule has 0 fully saturated rings. The van der Waals surface area contributed by atoms with Crippen LogP contribution in [0, 0.1) is 5.92 Å². The lowest BCUT2D eigenvalue weighted by atomic mass is 10.2. The van der Waals surface area contributed by atoms with Gasteiger partial charge in [0.1, 0.15) is 6.33 Å². The highest BCUT2D eigenvalue weighted by Gasteiger charge is 2.17. The van der Waals surface area contributed by atoms with Crippen molar-refractivity contribution in [3.8, 4) is 0 Å². The van der Waals surface area contributed by atoms with Crippen LogP contribution in [0.1, 0.15) is 10.5 Å². The Kier molecular flexibility index (Phi) is 2.82. The van der Waals surface area contributed by atoms with E-state index in [1.54, 1.807) is 11.8 Å². The van der Waals surface area contributed by atoms with E-state index in [9.17, 15) is 9.59 Å². The number of fused-ring (bicyclic) bond motifs is 1. The predicted molar refractivity (Wildman–Crippen MR) is 68.6 cm³/mol. The molecule has 0 spiro atoms. The molecular formula is C10H10N6O2S. The SMILES string of the molecule is NC(=O)c1ncn2c(=O)n(CC3C=CSC3)nnc12. The lowest BCUT2D eigenvalue weighted by Crippen LogP contribution is -2.32. The third-order valence-electron chi connectivity index (χ3n) is 2.81. The van der Waals surface area contributed by atoms with Gasteiger partial charge in [-0.05, 0) is 5.41 Å². The predicted octanol–water partition coefficient (Wildman–Crippen LogP) is -0.738. The van der Waals surface area contributed by atoms with Crippen molar-refractivity contribution < 1.29 is 4.79 Å². The van der Waals surface area contributed by atoms with Crippen LogP contribution in [0.15, 0.2) is 22.6 Å². The summed E-state index contributed by atoms with van der Waals surface area (Å²) < 4.78 is 2.44. The molecule has 0 saturated heterocycles. The van der Waals surface area contributed by atoms with E-state index in [-0.39, 0.29) is 22.9 Å². The van der Waals surface area contributed by atoms with Gasteiger partial charge in [-0.25, -0.2) is 14.2 Å². The minimum absolute atomic E-state index is 0.0481. The first-order valence-electron chi connectivity index (χ1n) is 5.56. The summed E-state index contributed by atoms with van der Waals surface area (Å²) in [5.41, 5.74) is 4.80. The van der Waals surface area contributed by atoms with Gasteiger partial charge in [-0.1, -0.05) is 11.3 Å². The average Bonchev–Trinajstić information content (AvgIpc) is 3.01. The molecule has 0 aromatic carbocycles. The number of hydrogen-bond acceptors (Lipinski definition) is 6. The number of hydrogen-bond donors (Lipinski definition) is 1. The summed E-state index contributed by atoms with van der Waals surface area (Å²) in [7, 11) is 0. The number of thioether (sulfide) groups is 1. The average molecular weight is 278 g/mol.